The highest BCUT2D eigenvalue weighted by atomic mass is 19.1. The second-order valence-electron chi connectivity index (χ2n) is 10.6. The van der Waals surface area contributed by atoms with E-state index >= 15 is 0 Å². The largest absolute Gasteiger partial charge is 0.336 e. The second-order valence-corrected chi connectivity index (χ2v) is 10.6. The molecule has 1 unspecified atom stereocenters. The highest BCUT2D eigenvalue weighted by Gasteiger charge is 2.41. The van der Waals surface area contributed by atoms with Crippen LogP contribution in [0, 0.1) is 11.6 Å². The van der Waals surface area contributed by atoms with Crippen LogP contribution < -0.4 is 5.32 Å². The fraction of sp³-hybridized carbons (Fsp3) is 0.290. The summed E-state index contributed by atoms with van der Waals surface area (Å²) < 4.78 is 27.3. The Balaban J connectivity index is 1.19. The van der Waals surface area contributed by atoms with Gasteiger partial charge in [0, 0.05) is 50.3 Å². The number of halogens is 2. The van der Waals surface area contributed by atoms with Crippen LogP contribution >= 0.6 is 0 Å². The monoisotopic (exact) mass is 558 g/mol. The van der Waals surface area contributed by atoms with Crippen molar-refractivity contribution >= 4 is 23.6 Å². The third-order valence-corrected chi connectivity index (χ3v) is 8.15. The first kappa shape index (κ1) is 26.8. The van der Waals surface area contributed by atoms with Crippen molar-refractivity contribution in [3.63, 3.8) is 0 Å². The maximum absolute atomic E-state index is 13.7. The van der Waals surface area contributed by atoms with Gasteiger partial charge in [-0.15, -0.1) is 0 Å². The molecule has 3 aromatic rings. The number of carbonyl (C=O) groups excluding carboxylic acids is 4. The fourth-order valence-electron chi connectivity index (χ4n) is 6.04. The van der Waals surface area contributed by atoms with Crippen LogP contribution in [0.1, 0.15) is 56.3 Å². The summed E-state index contributed by atoms with van der Waals surface area (Å²) in [5, 5.41) is 2.30. The van der Waals surface area contributed by atoms with Crippen LogP contribution in [0.2, 0.25) is 0 Å². The molecule has 8 nitrogen and oxygen atoms in total. The van der Waals surface area contributed by atoms with Crippen LogP contribution in [0.5, 0.6) is 0 Å². The van der Waals surface area contributed by atoms with E-state index < -0.39 is 11.9 Å². The Labute approximate surface area is 235 Å². The lowest BCUT2D eigenvalue weighted by atomic mass is 9.96. The number of hydrogen-bond acceptors (Lipinski definition) is 5. The van der Waals surface area contributed by atoms with Gasteiger partial charge in [-0.2, -0.15) is 0 Å². The van der Waals surface area contributed by atoms with Crippen molar-refractivity contribution < 1.29 is 28.0 Å². The van der Waals surface area contributed by atoms with E-state index in [2.05, 4.69) is 10.2 Å². The molecule has 0 bridgehead atoms. The lowest BCUT2D eigenvalue weighted by Gasteiger charge is -2.40. The van der Waals surface area contributed by atoms with E-state index in [9.17, 15) is 28.0 Å². The minimum absolute atomic E-state index is 0.125. The van der Waals surface area contributed by atoms with Gasteiger partial charge in [0.15, 0.2) is 0 Å². The first-order valence-electron chi connectivity index (χ1n) is 13.6. The smallest absolute Gasteiger partial charge is 0.255 e. The second kappa shape index (κ2) is 10.9. The number of rotatable bonds is 5. The molecule has 41 heavy (non-hydrogen) atoms. The van der Waals surface area contributed by atoms with Crippen molar-refractivity contribution in [2.24, 2.45) is 0 Å². The number of piperidine rings is 1. The first-order chi connectivity index (χ1) is 19.8. The van der Waals surface area contributed by atoms with E-state index in [0.29, 0.717) is 42.9 Å². The molecule has 0 radical (unpaired) electrons. The minimum Gasteiger partial charge on any atom is -0.336 e. The summed E-state index contributed by atoms with van der Waals surface area (Å²) in [5.41, 5.74) is 3.14. The molecule has 0 aromatic heterocycles. The van der Waals surface area contributed by atoms with Crippen LogP contribution in [0.25, 0.3) is 0 Å². The fourth-order valence-corrected chi connectivity index (χ4v) is 6.04. The first-order valence-corrected chi connectivity index (χ1v) is 13.6. The number of benzene rings is 3. The molecule has 3 heterocycles. The number of imide groups is 1. The van der Waals surface area contributed by atoms with Crippen molar-refractivity contribution in [2.75, 3.05) is 26.2 Å². The van der Waals surface area contributed by atoms with Crippen molar-refractivity contribution in [2.45, 2.75) is 31.5 Å². The van der Waals surface area contributed by atoms with Gasteiger partial charge in [-0.05, 0) is 59.5 Å². The maximum Gasteiger partial charge on any atom is 0.255 e. The van der Waals surface area contributed by atoms with Gasteiger partial charge in [0.25, 0.3) is 11.8 Å². The van der Waals surface area contributed by atoms with Crippen LogP contribution in [-0.2, 0) is 16.1 Å². The van der Waals surface area contributed by atoms with Gasteiger partial charge in [0.2, 0.25) is 11.8 Å². The number of amides is 4. The lowest BCUT2D eigenvalue weighted by molar-refractivity contribution is -0.136. The zero-order valence-electron chi connectivity index (χ0n) is 22.2. The summed E-state index contributed by atoms with van der Waals surface area (Å²) in [6.07, 6.45) is 0.405. The molecule has 0 aliphatic carbocycles. The number of carbonyl (C=O) groups is 4. The quantitative estimate of drug-likeness (QED) is 0.486. The predicted octanol–water partition coefficient (Wildman–Crippen LogP) is 3.27. The molecule has 2 fully saturated rings. The average molecular weight is 559 g/mol. The predicted molar refractivity (Wildman–Crippen MR) is 145 cm³/mol. The number of fused-ring (bicyclic) bond motifs is 1. The average Bonchev–Trinajstić information content (AvgIpc) is 3.31. The van der Waals surface area contributed by atoms with Crippen LogP contribution in [0.3, 0.4) is 0 Å². The Bertz CT molecular complexity index is 1470. The van der Waals surface area contributed by atoms with E-state index in [1.807, 2.05) is 0 Å². The molecule has 3 aliphatic heterocycles. The van der Waals surface area contributed by atoms with E-state index in [1.54, 1.807) is 47.4 Å². The molecule has 10 heteroatoms. The summed E-state index contributed by atoms with van der Waals surface area (Å²) in [5.74, 6) is -2.05. The topological polar surface area (TPSA) is 90.0 Å². The summed E-state index contributed by atoms with van der Waals surface area (Å²) in [6, 6.07) is 16.5. The minimum atomic E-state index is -0.756. The standard InChI is InChI=1S/C31H28F2N4O4/c32-21-8-4-19(5-9-21)28(20-6-10-22(33)11-7-20)35-14-16-36(17-15-35)30(40)23-2-1-3-24-25(23)18-37(31(24)41)26-12-13-27(38)34-29(26)39/h1-11,26,28H,12-18H2,(H,34,38,39). The summed E-state index contributed by atoms with van der Waals surface area (Å²) in [4.78, 5) is 56.3. The summed E-state index contributed by atoms with van der Waals surface area (Å²) in [7, 11) is 0. The molecular weight excluding hydrogens is 530 g/mol. The molecule has 2 saturated heterocycles. The van der Waals surface area contributed by atoms with Gasteiger partial charge >= 0.3 is 0 Å². The Morgan fingerprint density at radius 1 is 0.829 bits per heavy atom. The zero-order valence-corrected chi connectivity index (χ0v) is 22.2. The van der Waals surface area contributed by atoms with Crippen molar-refractivity contribution in [3.8, 4) is 0 Å². The number of piperazine rings is 1. The number of nitrogens with one attached hydrogen (secondary N) is 1. The molecule has 0 spiro atoms. The number of hydrogen-bond donors (Lipinski definition) is 1. The van der Waals surface area contributed by atoms with Crippen molar-refractivity contribution in [3.05, 3.63) is 106 Å². The molecule has 3 aromatic carbocycles. The molecule has 1 N–H and O–H groups in total. The maximum atomic E-state index is 13.7. The third-order valence-electron chi connectivity index (χ3n) is 8.15. The Hall–Kier alpha value is -4.44. The van der Waals surface area contributed by atoms with E-state index in [-0.39, 0.29) is 54.8 Å². The SMILES string of the molecule is O=C1CCC(N2Cc3c(C(=O)N4CCN(C(c5ccc(F)cc5)c5ccc(F)cc5)CC4)cccc3C2=O)C(=O)N1. The Morgan fingerprint density at radius 3 is 2.02 bits per heavy atom. The van der Waals surface area contributed by atoms with Gasteiger partial charge in [-0.3, -0.25) is 29.4 Å². The third kappa shape index (κ3) is 5.11. The van der Waals surface area contributed by atoms with E-state index in [4.69, 9.17) is 0 Å². The van der Waals surface area contributed by atoms with Crippen molar-refractivity contribution in [1.29, 1.82) is 0 Å². The van der Waals surface area contributed by atoms with Gasteiger partial charge in [-0.25, -0.2) is 8.78 Å². The van der Waals surface area contributed by atoms with Gasteiger partial charge in [0.1, 0.15) is 17.7 Å². The molecule has 0 saturated carbocycles. The highest BCUT2D eigenvalue weighted by Crippen LogP contribution is 2.33. The highest BCUT2D eigenvalue weighted by molar-refractivity contribution is 6.07. The molecule has 6 rings (SSSR count). The normalized spacial score (nSPS) is 19.5. The molecule has 1 atom stereocenters. The van der Waals surface area contributed by atoms with Crippen molar-refractivity contribution in [1.82, 2.24) is 20.0 Å². The van der Waals surface area contributed by atoms with Gasteiger partial charge < -0.3 is 9.80 Å². The molecule has 210 valence electrons. The Morgan fingerprint density at radius 2 is 1.44 bits per heavy atom. The molecular formula is C31H28F2N4O4. The lowest BCUT2D eigenvalue weighted by Crippen LogP contribution is -2.52. The molecule has 3 aliphatic rings. The van der Waals surface area contributed by atoms with Crippen LogP contribution in [0.4, 0.5) is 8.78 Å². The summed E-state index contributed by atoms with van der Waals surface area (Å²) in [6.45, 7) is 2.03. The zero-order chi connectivity index (χ0) is 28.7. The number of nitrogens with zero attached hydrogens (tertiary/aromatic N) is 3. The van der Waals surface area contributed by atoms with E-state index in [0.717, 1.165) is 11.1 Å². The van der Waals surface area contributed by atoms with E-state index in [1.165, 1.54) is 29.2 Å². The Kier molecular flexibility index (Phi) is 7.08. The summed E-state index contributed by atoms with van der Waals surface area (Å²) >= 11 is 0. The van der Waals surface area contributed by atoms with Crippen LogP contribution in [-0.4, -0.2) is 70.5 Å². The van der Waals surface area contributed by atoms with Gasteiger partial charge in [-0.1, -0.05) is 30.3 Å². The molecule has 4 amide bonds. The van der Waals surface area contributed by atoms with Crippen LogP contribution in [0.15, 0.2) is 66.7 Å². The van der Waals surface area contributed by atoms with Gasteiger partial charge in [0.05, 0.1) is 6.04 Å².